The number of hydrogen-bond acceptors (Lipinski definition) is 3. The molecule has 2 aromatic rings. The highest BCUT2D eigenvalue weighted by atomic mass is 32.2. The van der Waals surface area contributed by atoms with Crippen molar-refractivity contribution in [1.29, 1.82) is 0 Å². The molecule has 2 amide bonds. The summed E-state index contributed by atoms with van der Waals surface area (Å²) in [6.07, 6.45) is 0. The molecule has 0 aliphatic carbocycles. The Morgan fingerprint density at radius 3 is 2.31 bits per heavy atom. The van der Waals surface area contributed by atoms with E-state index >= 15 is 0 Å². The maximum absolute atomic E-state index is 12.4. The second-order valence-electron chi connectivity index (χ2n) is 6.61. The average Bonchev–Trinajstić information content (AvgIpc) is 2.59. The summed E-state index contributed by atoms with van der Waals surface area (Å²) in [7, 11) is 0. The number of amides is 2. The van der Waals surface area contributed by atoms with Gasteiger partial charge in [-0.2, -0.15) is 0 Å². The molecular formula is C21H26N2O2S. The first-order valence-corrected chi connectivity index (χ1v) is 9.68. The first-order chi connectivity index (χ1) is 12.3. The molecule has 1 unspecified atom stereocenters. The van der Waals surface area contributed by atoms with Gasteiger partial charge in [0.05, 0.1) is 11.0 Å². The molecule has 0 bridgehead atoms. The molecule has 0 aliphatic heterocycles. The highest BCUT2D eigenvalue weighted by Gasteiger charge is 2.16. The van der Waals surface area contributed by atoms with E-state index in [4.69, 9.17) is 0 Å². The first kappa shape index (κ1) is 20.0. The zero-order chi connectivity index (χ0) is 19.3. The maximum Gasteiger partial charge on any atom is 0.237 e. The van der Waals surface area contributed by atoms with E-state index in [-0.39, 0.29) is 22.8 Å². The molecule has 0 aromatic heterocycles. The third-order valence-corrected chi connectivity index (χ3v) is 5.42. The van der Waals surface area contributed by atoms with Crippen molar-refractivity contribution >= 4 is 35.0 Å². The smallest absolute Gasteiger partial charge is 0.237 e. The number of hydrogen-bond donors (Lipinski definition) is 2. The van der Waals surface area contributed by atoms with Gasteiger partial charge in [0.1, 0.15) is 0 Å². The summed E-state index contributed by atoms with van der Waals surface area (Å²) in [4.78, 5) is 24.5. The van der Waals surface area contributed by atoms with Crippen molar-refractivity contribution in [1.82, 2.24) is 0 Å². The number of nitrogens with one attached hydrogen (secondary N) is 2. The molecule has 0 heterocycles. The standard InChI is InChI=1S/C21H26N2O2S/c1-13-6-7-15(3)19(10-13)23-21(25)17(5)26-12-20(24)22-18-9-8-14(2)16(4)11-18/h6-11,17H,12H2,1-5H3,(H,22,24)(H,23,25). The zero-order valence-corrected chi connectivity index (χ0v) is 16.8. The van der Waals surface area contributed by atoms with Crippen molar-refractivity contribution in [2.45, 2.75) is 39.9 Å². The summed E-state index contributed by atoms with van der Waals surface area (Å²) in [6.45, 7) is 9.81. The fourth-order valence-corrected chi connectivity index (χ4v) is 3.08. The Kier molecular flexibility index (Phi) is 6.86. The van der Waals surface area contributed by atoms with Crippen LogP contribution in [0.5, 0.6) is 0 Å². The van der Waals surface area contributed by atoms with Crippen LogP contribution in [-0.2, 0) is 9.59 Å². The van der Waals surface area contributed by atoms with E-state index in [1.54, 1.807) is 0 Å². The highest BCUT2D eigenvalue weighted by molar-refractivity contribution is 8.01. The fourth-order valence-electron chi connectivity index (χ4n) is 2.40. The van der Waals surface area contributed by atoms with Crippen molar-refractivity contribution in [3.05, 3.63) is 58.7 Å². The molecule has 26 heavy (non-hydrogen) atoms. The highest BCUT2D eigenvalue weighted by Crippen LogP contribution is 2.20. The minimum absolute atomic E-state index is 0.0947. The third kappa shape index (κ3) is 5.63. The third-order valence-electron chi connectivity index (χ3n) is 4.28. The van der Waals surface area contributed by atoms with Crippen LogP contribution in [-0.4, -0.2) is 22.8 Å². The molecule has 4 nitrogen and oxygen atoms in total. The molecule has 2 rings (SSSR count). The summed E-state index contributed by atoms with van der Waals surface area (Å²) in [5.74, 6) is 0.0289. The van der Waals surface area contributed by atoms with Gasteiger partial charge in [-0.15, -0.1) is 11.8 Å². The van der Waals surface area contributed by atoms with E-state index in [9.17, 15) is 9.59 Å². The minimum Gasteiger partial charge on any atom is -0.325 e. The van der Waals surface area contributed by atoms with Crippen LogP contribution >= 0.6 is 11.8 Å². The molecule has 2 N–H and O–H groups in total. The number of anilines is 2. The normalized spacial score (nSPS) is 11.7. The Labute approximate surface area is 159 Å². The predicted molar refractivity (Wildman–Crippen MR) is 111 cm³/mol. The van der Waals surface area contributed by atoms with E-state index in [0.717, 1.165) is 28.1 Å². The van der Waals surface area contributed by atoms with Crippen LogP contribution in [0.4, 0.5) is 11.4 Å². The van der Waals surface area contributed by atoms with Gasteiger partial charge in [-0.25, -0.2) is 0 Å². The molecule has 0 fully saturated rings. The number of aryl methyl sites for hydroxylation is 4. The second-order valence-corrected chi connectivity index (χ2v) is 7.94. The number of rotatable bonds is 6. The van der Waals surface area contributed by atoms with Gasteiger partial charge in [-0.3, -0.25) is 9.59 Å². The molecule has 2 aromatic carbocycles. The van der Waals surface area contributed by atoms with Crippen molar-refractivity contribution in [3.8, 4) is 0 Å². The van der Waals surface area contributed by atoms with Crippen LogP contribution in [0.25, 0.3) is 0 Å². The van der Waals surface area contributed by atoms with E-state index in [0.29, 0.717) is 0 Å². The molecular weight excluding hydrogens is 344 g/mol. The molecule has 0 saturated heterocycles. The van der Waals surface area contributed by atoms with Crippen LogP contribution < -0.4 is 10.6 Å². The zero-order valence-electron chi connectivity index (χ0n) is 16.0. The van der Waals surface area contributed by atoms with E-state index in [1.165, 1.54) is 17.3 Å². The SMILES string of the molecule is Cc1ccc(C)c(NC(=O)C(C)SCC(=O)Nc2ccc(C)c(C)c2)c1. The summed E-state index contributed by atoms with van der Waals surface area (Å²) >= 11 is 1.32. The van der Waals surface area contributed by atoms with Crippen LogP contribution in [0.15, 0.2) is 36.4 Å². The van der Waals surface area contributed by atoms with Crippen LogP contribution in [0.3, 0.4) is 0 Å². The van der Waals surface area contributed by atoms with Crippen molar-refractivity contribution in [3.63, 3.8) is 0 Å². The van der Waals surface area contributed by atoms with Gasteiger partial charge in [0, 0.05) is 11.4 Å². The molecule has 0 saturated carbocycles. The predicted octanol–water partition coefficient (Wildman–Crippen LogP) is 4.62. The van der Waals surface area contributed by atoms with Gasteiger partial charge in [0.15, 0.2) is 0 Å². The molecule has 5 heteroatoms. The number of thioether (sulfide) groups is 1. The number of carbonyl (C=O) groups is 2. The van der Waals surface area contributed by atoms with E-state index in [2.05, 4.69) is 10.6 Å². The number of carbonyl (C=O) groups excluding carboxylic acids is 2. The van der Waals surface area contributed by atoms with Gasteiger partial charge < -0.3 is 10.6 Å². The average molecular weight is 371 g/mol. The summed E-state index contributed by atoms with van der Waals surface area (Å²) in [5, 5.41) is 5.51. The largest absolute Gasteiger partial charge is 0.325 e. The lowest BCUT2D eigenvalue weighted by Crippen LogP contribution is -2.25. The Hall–Kier alpha value is -2.27. The van der Waals surface area contributed by atoms with Gasteiger partial charge in [0.25, 0.3) is 0 Å². The topological polar surface area (TPSA) is 58.2 Å². The van der Waals surface area contributed by atoms with Gasteiger partial charge in [0.2, 0.25) is 11.8 Å². The van der Waals surface area contributed by atoms with Gasteiger partial charge >= 0.3 is 0 Å². The second kappa shape index (κ2) is 8.90. The summed E-state index contributed by atoms with van der Waals surface area (Å²) < 4.78 is 0. The van der Waals surface area contributed by atoms with E-state index < -0.39 is 0 Å². The van der Waals surface area contributed by atoms with Crippen molar-refractivity contribution in [2.75, 3.05) is 16.4 Å². The Morgan fingerprint density at radius 1 is 0.923 bits per heavy atom. The van der Waals surface area contributed by atoms with Crippen LogP contribution in [0.1, 0.15) is 29.2 Å². The monoisotopic (exact) mass is 370 g/mol. The van der Waals surface area contributed by atoms with Gasteiger partial charge in [-0.05, 0) is 75.1 Å². The first-order valence-electron chi connectivity index (χ1n) is 8.63. The summed E-state index contributed by atoms with van der Waals surface area (Å²) in [6, 6.07) is 11.8. The van der Waals surface area contributed by atoms with Gasteiger partial charge in [-0.1, -0.05) is 18.2 Å². The van der Waals surface area contributed by atoms with Crippen molar-refractivity contribution in [2.24, 2.45) is 0 Å². The Morgan fingerprint density at radius 2 is 1.62 bits per heavy atom. The molecule has 138 valence electrons. The van der Waals surface area contributed by atoms with Crippen LogP contribution in [0.2, 0.25) is 0 Å². The lowest BCUT2D eigenvalue weighted by atomic mass is 10.1. The number of benzene rings is 2. The Bertz CT molecular complexity index is 818. The van der Waals surface area contributed by atoms with Crippen LogP contribution in [0, 0.1) is 27.7 Å². The molecule has 0 spiro atoms. The summed E-state index contributed by atoms with van der Waals surface area (Å²) in [5.41, 5.74) is 6.05. The van der Waals surface area contributed by atoms with E-state index in [1.807, 2.05) is 71.0 Å². The molecule has 0 aliphatic rings. The lowest BCUT2D eigenvalue weighted by molar-refractivity contribution is -0.115. The lowest BCUT2D eigenvalue weighted by Gasteiger charge is -2.14. The molecule has 1 atom stereocenters. The fraction of sp³-hybridized carbons (Fsp3) is 0.333. The maximum atomic E-state index is 12.4. The quantitative estimate of drug-likeness (QED) is 0.780. The minimum atomic E-state index is -0.319. The van der Waals surface area contributed by atoms with Crippen molar-refractivity contribution < 1.29 is 9.59 Å². The molecule has 0 radical (unpaired) electrons. The Balaban J connectivity index is 1.85.